The number of benzene rings is 1. The minimum absolute atomic E-state index is 0.169. The number of pyridine rings is 1. The minimum Gasteiger partial charge on any atom is -0.497 e. The highest BCUT2D eigenvalue weighted by atomic mass is 16.5. The van der Waals surface area contributed by atoms with Crippen LogP contribution in [0.3, 0.4) is 0 Å². The molecule has 28 heavy (non-hydrogen) atoms. The molecule has 0 fully saturated rings. The molecule has 2 aromatic heterocycles. The molecule has 3 aromatic rings. The van der Waals surface area contributed by atoms with E-state index in [1.54, 1.807) is 38.6 Å². The Hall–Kier alpha value is -3.09. The van der Waals surface area contributed by atoms with Crippen LogP contribution in [0.15, 0.2) is 24.4 Å². The molecule has 0 bridgehead atoms. The fraction of sp³-hybridized carbons (Fsp3) is 0.381. The molecule has 4 rings (SSSR count). The van der Waals surface area contributed by atoms with Gasteiger partial charge in [-0.1, -0.05) is 0 Å². The number of carbonyl (C=O) groups excluding carboxylic acids is 1. The summed E-state index contributed by atoms with van der Waals surface area (Å²) in [5, 5.41) is 8.27. The molecule has 2 heterocycles. The van der Waals surface area contributed by atoms with Crippen molar-refractivity contribution < 1.29 is 14.3 Å². The van der Waals surface area contributed by atoms with E-state index in [0.717, 1.165) is 41.6 Å². The number of rotatable bonds is 5. The maximum Gasteiger partial charge on any atom is 0.256 e. The first kappa shape index (κ1) is 18.3. The molecule has 1 aromatic carbocycles. The largest absolute Gasteiger partial charge is 0.497 e. The van der Waals surface area contributed by atoms with E-state index in [9.17, 15) is 4.79 Å². The van der Waals surface area contributed by atoms with Crippen LogP contribution in [0, 0.1) is 0 Å². The molecule has 1 aliphatic carbocycles. The molecule has 146 valence electrons. The highest BCUT2D eigenvalue weighted by molar-refractivity contribution is 6.13. The van der Waals surface area contributed by atoms with Crippen molar-refractivity contribution in [2.24, 2.45) is 0 Å². The smallest absolute Gasteiger partial charge is 0.256 e. The van der Waals surface area contributed by atoms with Gasteiger partial charge < -0.3 is 14.8 Å². The van der Waals surface area contributed by atoms with E-state index in [2.05, 4.69) is 24.3 Å². The van der Waals surface area contributed by atoms with Crippen LogP contribution in [-0.4, -0.2) is 34.9 Å². The monoisotopic (exact) mass is 380 g/mol. The highest BCUT2D eigenvalue weighted by Gasteiger charge is 2.26. The summed E-state index contributed by atoms with van der Waals surface area (Å²) in [4.78, 5) is 18.1. The summed E-state index contributed by atoms with van der Waals surface area (Å²) in [5.41, 5.74) is 4.06. The third-order valence-electron chi connectivity index (χ3n) is 5.14. The predicted octanol–water partition coefficient (Wildman–Crippen LogP) is 3.77. The van der Waals surface area contributed by atoms with Gasteiger partial charge in [-0.25, -0.2) is 9.67 Å². The van der Waals surface area contributed by atoms with Gasteiger partial charge in [-0.2, -0.15) is 5.10 Å². The molecule has 1 aliphatic rings. The van der Waals surface area contributed by atoms with Gasteiger partial charge in [0.25, 0.3) is 5.91 Å². The second-order valence-corrected chi connectivity index (χ2v) is 7.21. The summed E-state index contributed by atoms with van der Waals surface area (Å²) in [7, 11) is 3.16. The molecule has 0 spiro atoms. The van der Waals surface area contributed by atoms with Crippen molar-refractivity contribution in [3.8, 4) is 11.5 Å². The molecule has 1 N–H and O–H groups in total. The van der Waals surface area contributed by atoms with Crippen molar-refractivity contribution in [2.75, 3.05) is 19.5 Å². The number of amides is 1. The van der Waals surface area contributed by atoms with Gasteiger partial charge in [-0.15, -0.1) is 0 Å². The maximum absolute atomic E-state index is 13.3. The second kappa shape index (κ2) is 7.14. The Morgan fingerprint density at radius 1 is 1.21 bits per heavy atom. The Labute approximate surface area is 163 Å². The number of nitrogens with zero attached hydrogens (tertiary/aromatic N) is 3. The van der Waals surface area contributed by atoms with Crippen LogP contribution >= 0.6 is 0 Å². The summed E-state index contributed by atoms with van der Waals surface area (Å²) < 4.78 is 12.5. The van der Waals surface area contributed by atoms with Crippen LogP contribution in [0.1, 0.15) is 47.9 Å². The summed E-state index contributed by atoms with van der Waals surface area (Å²) in [6.07, 6.45) is 4.51. The van der Waals surface area contributed by atoms with E-state index in [-0.39, 0.29) is 11.9 Å². The van der Waals surface area contributed by atoms with Gasteiger partial charge in [0.1, 0.15) is 11.5 Å². The first-order valence-corrected chi connectivity index (χ1v) is 9.45. The maximum atomic E-state index is 13.3. The summed E-state index contributed by atoms with van der Waals surface area (Å²) in [5.74, 6) is 1.05. The first-order chi connectivity index (χ1) is 13.5. The van der Waals surface area contributed by atoms with Gasteiger partial charge in [0.2, 0.25) is 0 Å². The number of aromatic nitrogens is 3. The van der Waals surface area contributed by atoms with Gasteiger partial charge >= 0.3 is 0 Å². The van der Waals surface area contributed by atoms with Crippen molar-refractivity contribution in [3.05, 3.63) is 41.2 Å². The molecular formula is C21H24N4O3. The molecule has 1 amide bonds. The highest BCUT2D eigenvalue weighted by Crippen LogP contribution is 2.33. The summed E-state index contributed by atoms with van der Waals surface area (Å²) in [6.45, 7) is 4.12. The van der Waals surface area contributed by atoms with E-state index < -0.39 is 0 Å². The van der Waals surface area contributed by atoms with Crippen molar-refractivity contribution >= 4 is 22.6 Å². The lowest BCUT2D eigenvalue weighted by molar-refractivity contribution is 0.102. The van der Waals surface area contributed by atoms with E-state index >= 15 is 0 Å². The zero-order valence-electron chi connectivity index (χ0n) is 16.6. The molecule has 7 heteroatoms. The number of aryl methyl sites for hydroxylation is 1. The van der Waals surface area contributed by atoms with E-state index in [1.807, 2.05) is 4.68 Å². The van der Waals surface area contributed by atoms with Gasteiger partial charge in [0.15, 0.2) is 5.65 Å². The van der Waals surface area contributed by atoms with E-state index in [1.165, 1.54) is 0 Å². The summed E-state index contributed by atoms with van der Waals surface area (Å²) in [6, 6.07) is 5.49. The van der Waals surface area contributed by atoms with Crippen LogP contribution in [0.4, 0.5) is 5.69 Å². The number of hydrogen-bond donors (Lipinski definition) is 1. The van der Waals surface area contributed by atoms with Crippen LogP contribution in [0.2, 0.25) is 0 Å². The van der Waals surface area contributed by atoms with Crippen LogP contribution in [0.5, 0.6) is 11.5 Å². The van der Waals surface area contributed by atoms with Crippen molar-refractivity contribution in [1.29, 1.82) is 0 Å². The number of hydrogen-bond acceptors (Lipinski definition) is 5. The second-order valence-electron chi connectivity index (χ2n) is 7.21. The molecule has 0 aliphatic heterocycles. The summed E-state index contributed by atoms with van der Waals surface area (Å²) >= 11 is 0. The van der Waals surface area contributed by atoms with Crippen LogP contribution < -0.4 is 14.8 Å². The number of fused-ring (bicyclic) bond motifs is 2. The zero-order valence-corrected chi connectivity index (χ0v) is 16.6. The third kappa shape index (κ3) is 2.96. The Kier molecular flexibility index (Phi) is 4.66. The first-order valence-electron chi connectivity index (χ1n) is 9.45. The molecular weight excluding hydrogens is 356 g/mol. The quantitative estimate of drug-likeness (QED) is 0.729. The number of ether oxygens (including phenoxy) is 2. The molecule has 7 nitrogen and oxygen atoms in total. The molecule has 0 saturated heterocycles. The SMILES string of the molecule is COc1ccc(NC(=O)c2c3c(nc4c2cnn4C(C)C)CCC3)c(OC)c1. The Bertz CT molecular complexity index is 1060. The average Bonchev–Trinajstić information content (AvgIpc) is 3.32. The topological polar surface area (TPSA) is 78.3 Å². The van der Waals surface area contributed by atoms with Gasteiger partial charge in [0, 0.05) is 17.8 Å². The lowest BCUT2D eigenvalue weighted by atomic mass is 10.0. The van der Waals surface area contributed by atoms with E-state index in [4.69, 9.17) is 14.5 Å². The predicted molar refractivity (Wildman–Crippen MR) is 107 cm³/mol. The number of carbonyl (C=O) groups is 1. The van der Waals surface area contributed by atoms with Crippen molar-refractivity contribution in [3.63, 3.8) is 0 Å². The Morgan fingerprint density at radius 2 is 2.04 bits per heavy atom. The van der Waals surface area contributed by atoms with Crippen molar-refractivity contribution in [1.82, 2.24) is 14.8 Å². The van der Waals surface area contributed by atoms with E-state index in [0.29, 0.717) is 22.7 Å². The lowest BCUT2D eigenvalue weighted by Crippen LogP contribution is -2.16. The van der Waals surface area contributed by atoms with Gasteiger partial charge in [0.05, 0.1) is 37.1 Å². The number of nitrogens with one attached hydrogen (secondary N) is 1. The molecule has 0 unspecified atom stereocenters. The fourth-order valence-electron chi connectivity index (χ4n) is 3.78. The lowest BCUT2D eigenvalue weighted by Gasteiger charge is -2.14. The Morgan fingerprint density at radius 3 is 2.75 bits per heavy atom. The average molecular weight is 380 g/mol. The fourth-order valence-corrected chi connectivity index (χ4v) is 3.78. The third-order valence-corrected chi connectivity index (χ3v) is 5.14. The zero-order chi connectivity index (χ0) is 19.8. The van der Waals surface area contributed by atoms with Crippen molar-refractivity contribution in [2.45, 2.75) is 39.2 Å². The normalized spacial score (nSPS) is 13.0. The van der Waals surface area contributed by atoms with Gasteiger partial charge in [-0.05, 0) is 50.8 Å². The van der Waals surface area contributed by atoms with Gasteiger partial charge in [-0.3, -0.25) is 4.79 Å². The molecule has 0 atom stereocenters. The number of methoxy groups -OCH3 is 2. The van der Waals surface area contributed by atoms with Crippen LogP contribution in [-0.2, 0) is 12.8 Å². The van der Waals surface area contributed by atoms with Crippen LogP contribution in [0.25, 0.3) is 11.0 Å². The molecule has 0 saturated carbocycles. The standard InChI is InChI=1S/C21H24N4O3/c1-12(2)25-20-15(11-22-25)19(14-6-5-7-16(14)23-20)21(26)24-17-9-8-13(27-3)10-18(17)28-4/h8-12H,5-7H2,1-4H3,(H,24,26). The molecule has 0 radical (unpaired) electrons. The Balaban J connectivity index is 1.80. The number of anilines is 1. The minimum atomic E-state index is -0.169.